The topological polar surface area (TPSA) is 71.9 Å². The van der Waals surface area contributed by atoms with Crippen molar-refractivity contribution in [3.8, 4) is 0 Å². The second-order valence-electron chi connectivity index (χ2n) is 4.77. The summed E-state index contributed by atoms with van der Waals surface area (Å²) < 4.78 is 10.1. The van der Waals surface area contributed by atoms with Crippen molar-refractivity contribution in [2.45, 2.75) is 6.10 Å². The molecule has 20 heavy (non-hydrogen) atoms. The van der Waals surface area contributed by atoms with Gasteiger partial charge < -0.3 is 14.6 Å². The highest BCUT2D eigenvalue weighted by atomic mass is 16.5. The van der Waals surface area contributed by atoms with Crippen molar-refractivity contribution in [3.63, 3.8) is 0 Å². The zero-order valence-electron chi connectivity index (χ0n) is 11.6. The number of methoxy groups -OCH3 is 1. The van der Waals surface area contributed by atoms with Crippen LogP contribution in [0.3, 0.4) is 0 Å². The number of rotatable bonds is 5. The quantitative estimate of drug-likeness (QED) is 0.779. The van der Waals surface area contributed by atoms with Gasteiger partial charge in [0.25, 0.3) is 0 Å². The molecule has 1 saturated heterocycles. The second-order valence-corrected chi connectivity index (χ2v) is 4.77. The summed E-state index contributed by atoms with van der Waals surface area (Å²) in [4.78, 5) is 18.0. The molecule has 6 heteroatoms. The molecule has 0 bridgehead atoms. The lowest BCUT2D eigenvalue weighted by molar-refractivity contribution is -0.151. The SMILES string of the molecule is COC(=O)C(CN1CCOCC1)C(O)c1ccncc1. The van der Waals surface area contributed by atoms with Gasteiger partial charge in [0.1, 0.15) is 0 Å². The van der Waals surface area contributed by atoms with Gasteiger partial charge in [-0.25, -0.2) is 0 Å². The predicted molar refractivity (Wildman–Crippen MR) is 72.0 cm³/mol. The Morgan fingerprint density at radius 1 is 1.45 bits per heavy atom. The number of aliphatic hydroxyl groups is 1. The van der Waals surface area contributed by atoms with Gasteiger partial charge in [-0.2, -0.15) is 0 Å². The Hall–Kier alpha value is -1.50. The molecular formula is C14H20N2O4. The van der Waals surface area contributed by atoms with Crippen LogP contribution < -0.4 is 0 Å². The maximum absolute atomic E-state index is 11.9. The summed E-state index contributed by atoms with van der Waals surface area (Å²) in [7, 11) is 1.34. The van der Waals surface area contributed by atoms with Crippen molar-refractivity contribution in [1.82, 2.24) is 9.88 Å². The molecule has 0 spiro atoms. The second kappa shape index (κ2) is 7.33. The fourth-order valence-electron chi connectivity index (χ4n) is 2.31. The third kappa shape index (κ3) is 3.75. The van der Waals surface area contributed by atoms with Gasteiger partial charge >= 0.3 is 5.97 Å². The number of ether oxygens (including phenoxy) is 2. The van der Waals surface area contributed by atoms with Crippen molar-refractivity contribution >= 4 is 5.97 Å². The highest BCUT2D eigenvalue weighted by Gasteiger charge is 2.31. The normalized spacial score (nSPS) is 19.3. The van der Waals surface area contributed by atoms with Gasteiger partial charge in [0.15, 0.2) is 0 Å². The molecule has 0 saturated carbocycles. The van der Waals surface area contributed by atoms with Gasteiger partial charge in [0.05, 0.1) is 32.3 Å². The molecule has 0 aliphatic carbocycles. The van der Waals surface area contributed by atoms with Crippen molar-refractivity contribution in [3.05, 3.63) is 30.1 Å². The van der Waals surface area contributed by atoms with E-state index in [2.05, 4.69) is 9.88 Å². The van der Waals surface area contributed by atoms with Crippen LogP contribution in [0, 0.1) is 5.92 Å². The lowest BCUT2D eigenvalue weighted by Crippen LogP contribution is -2.43. The maximum atomic E-state index is 11.9. The first kappa shape index (κ1) is 14.9. The molecule has 1 aliphatic rings. The first-order chi connectivity index (χ1) is 9.72. The fraction of sp³-hybridized carbons (Fsp3) is 0.571. The maximum Gasteiger partial charge on any atom is 0.312 e. The zero-order valence-corrected chi connectivity index (χ0v) is 11.6. The van der Waals surface area contributed by atoms with Crippen molar-refractivity contribution in [2.75, 3.05) is 40.0 Å². The molecule has 6 nitrogen and oxygen atoms in total. The number of carbonyl (C=O) groups is 1. The van der Waals surface area contributed by atoms with Crippen LogP contribution in [0.4, 0.5) is 0 Å². The third-order valence-corrected chi connectivity index (χ3v) is 3.49. The lowest BCUT2D eigenvalue weighted by atomic mass is 9.95. The van der Waals surface area contributed by atoms with Crippen LogP contribution in [0.25, 0.3) is 0 Å². The number of carbonyl (C=O) groups excluding carboxylic acids is 1. The van der Waals surface area contributed by atoms with Gasteiger partial charge in [-0.05, 0) is 17.7 Å². The smallest absolute Gasteiger partial charge is 0.312 e. The highest BCUT2D eigenvalue weighted by Crippen LogP contribution is 2.24. The van der Waals surface area contributed by atoms with E-state index in [-0.39, 0.29) is 0 Å². The van der Waals surface area contributed by atoms with Gasteiger partial charge in [0.2, 0.25) is 0 Å². The molecule has 0 aromatic carbocycles. The van der Waals surface area contributed by atoms with Gasteiger partial charge in [0, 0.05) is 32.0 Å². The molecule has 1 aliphatic heterocycles. The summed E-state index contributed by atoms with van der Waals surface area (Å²) in [5, 5.41) is 10.4. The van der Waals surface area contributed by atoms with Crippen molar-refractivity contribution < 1.29 is 19.4 Å². The molecule has 1 aromatic heterocycles. The van der Waals surface area contributed by atoms with E-state index in [0.717, 1.165) is 13.1 Å². The monoisotopic (exact) mass is 280 g/mol. The molecule has 0 amide bonds. The number of nitrogens with zero attached hydrogens (tertiary/aromatic N) is 2. The summed E-state index contributed by atoms with van der Waals surface area (Å²) in [6, 6.07) is 3.42. The number of hydrogen-bond donors (Lipinski definition) is 1. The standard InChI is InChI=1S/C14H20N2O4/c1-19-14(18)12(10-16-6-8-20-9-7-16)13(17)11-2-4-15-5-3-11/h2-5,12-13,17H,6-10H2,1H3. The van der Waals surface area contributed by atoms with E-state index in [9.17, 15) is 9.90 Å². The van der Waals surface area contributed by atoms with Crippen LogP contribution in [0.5, 0.6) is 0 Å². The Balaban J connectivity index is 2.08. The Morgan fingerprint density at radius 2 is 2.10 bits per heavy atom. The summed E-state index contributed by atoms with van der Waals surface area (Å²) in [6.45, 7) is 3.28. The summed E-state index contributed by atoms with van der Waals surface area (Å²) in [5.74, 6) is -1.01. The average molecular weight is 280 g/mol. The number of morpholine rings is 1. The molecule has 1 N–H and O–H groups in total. The number of hydrogen-bond acceptors (Lipinski definition) is 6. The lowest BCUT2D eigenvalue weighted by Gasteiger charge is -2.31. The first-order valence-corrected chi connectivity index (χ1v) is 6.68. The molecule has 110 valence electrons. The number of aromatic nitrogens is 1. The zero-order chi connectivity index (χ0) is 14.4. The van der Waals surface area contributed by atoms with E-state index in [1.54, 1.807) is 24.5 Å². The highest BCUT2D eigenvalue weighted by molar-refractivity contribution is 5.73. The van der Waals surface area contributed by atoms with Crippen molar-refractivity contribution in [1.29, 1.82) is 0 Å². The fourth-order valence-corrected chi connectivity index (χ4v) is 2.31. The van der Waals surface area contributed by atoms with Crippen LogP contribution >= 0.6 is 0 Å². The minimum Gasteiger partial charge on any atom is -0.469 e. The summed E-state index contributed by atoms with van der Waals surface area (Å²) in [6.07, 6.45) is 2.30. The minimum absolute atomic E-state index is 0.402. The Labute approximate surface area is 118 Å². The van der Waals surface area contributed by atoms with Crippen LogP contribution in [0.2, 0.25) is 0 Å². The molecule has 1 aromatic rings. The molecular weight excluding hydrogens is 260 g/mol. The number of esters is 1. The molecule has 0 radical (unpaired) electrons. The average Bonchev–Trinajstić information content (AvgIpc) is 2.53. The van der Waals surface area contributed by atoms with E-state index in [4.69, 9.17) is 9.47 Å². The summed E-state index contributed by atoms with van der Waals surface area (Å²) in [5.41, 5.74) is 0.670. The Kier molecular flexibility index (Phi) is 5.46. The van der Waals surface area contributed by atoms with E-state index in [0.29, 0.717) is 25.3 Å². The van der Waals surface area contributed by atoms with Crippen LogP contribution in [0.15, 0.2) is 24.5 Å². The van der Waals surface area contributed by atoms with E-state index >= 15 is 0 Å². The van der Waals surface area contributed by atoms with Crippen LogP contribution in [0.1, 0.15) is 11.7 Å². The third-order valence-electron chi connectivity index (χ3n) is 3.49. The number of aliphatic hydroxyl groups excluding tert-OH is 1. The molecule has 2 heterocycles. The van der Waals surface area contributed by atoms with Crippen LogP contribution in [-0.4, -0.2) is 60.9 Å². The Bertz CT molecular complexity index is 420. The van der Waals surface area contributed by atoms with Crippen LogP contribution in [-0.2, 0) is 14.3 Å². The molecule has 2 atom stereocenters. The van der Waals surface area contributed by atoms with E-state index < -0.39 is 18.0 Å². The molecule has 2 rings (SSSR count). The minimum atomic E-state index is -0.895. The van der Waals surface area contributed by atoms with Gasteiger partial charge in [-0.1, -0.05) is 0 Å². The Morgan fingerprint density at radius 3 is 2.70 bits per heavy atom. The predicted octanol–water partition coefficient (Wildman–Crippen LogP) is 0.236. The van der Waals surface area contributed by atoms with E-state index in [1.165, 1.54) is 7.11 Å². The van der Waals surface area contributed by atoms with Gasteiger partial charge in [-0.3, -0.25) is 14.7 Å². The van der Waals surface area contributed by atoms with Crippen molar-refractivity contribution in [2.24, 2.45) is 5.92 Å². The first-order valence-electron chi connectivity index (χ1n) is 6.68. The largest absolute Gasteiger partial charge is 0.469 e. The number of pyridine rings is 1. The molecule has 2 unspecified atom stereocenters. The van der Waals surface area contributed by atoms with E-state index in [1.807, 2.05) is 0 Å². The summed E-state index contributed by atoms with van der Waals surface area (Å²) >= 11 is 0. The van der Waals surface area contributed by atoms with Gasteiger partial charge in [-0.15, -0.1) is 0 Å². The molecule has 1 fully saturated rings.